The standard InChI is InChI=1S/C16H17N3O4/c1-11(20)13-9-19(16(23)18(3)15(13)22)10-14(21)17(2)12-7-5-4-6-8-12/h4-9H,10H2,1-3H3. The molecule has 0 saturated heterocycles. The Kier molecular flexibility index (Phi) is 4.59. The maximum absolute atomic E-state index is 12.3. The Morgan fingerprint density at radius 1 is 1.13 bits per heavy atom. The Morgan fingerprint density at radius 2 is 1.74 bits per heavy atom. The fraction of sp³-hybridized carbons (Fsp3) is 0.250. The van der Waals surface area contributed by atoms with Crippen LogP contribution in [0.15, 0.2) is 46.1 Å². The first kappa shape index (κ1) is 16.4. The van der Waals surface area contributed by atoms with E-state index in [9.17, 15) is 19.2 Å². The van der Waals surface area contributed by atoms with Gasteiger partial charge in [0.25, 0.3) is 5.56 Å². The van der Waals surface area contributed by atoms with Crippen LogP contribution in [-0.2, 0) is 18.4 Å². The molecule has 0 bridgehead atoms. The molecule has 1 aromatic carbocycles. The van der Waals surface area contributed by atoms with Gasteiger partial charge >= 0.3 is 5.69 Å². The third kappa shape index (κ3) is 3.28. The zero-order valence-corrected chi connectivity index (χ0v) is 13.1. The molecule has 0 aliphatic heterocycles. The van der Waals surface area contributed by atoms with E-state index in [1.54, 1.807) is 31.3 Å². The number of para-hydroxylation sites is 1. The van der Waals surface area contributed by atoms with Gasteiger partial charge in [-0.25, -0.2) is 4.79 Å². The second kappa shape index (κ2) is 6.43. The first-order chi connectivity index (χ1) is 10.8. The molecule has 2 aromatic rings. The highest BCUT2D eigenvalue weighted by Crippen LogP contribution is 2.11. The largest absolute Gasteiger partial charge is 0.331 e. The number of hydrogen-bond acceptors (Lipinski definition) is 4. The van der Waals surface area contributed by atoms with E-state index in [0.717, 1.165) is 15.3 Å². The van der Waals surface area contributed by atoms with Gasteiger partial charge in [-0.1, -0.05) is 18.2 Å². The van der Waals surface area contributed by atoms with Gasteiger partial charge in [0.05, 0.1) is 5.56 Å². The molecule has 0 aliphatic rings. The van der Waals surface area contributed by atoms with Crippen LogP contribution in [-0.4, -0.2) is 27.9 Å². The topological polar surface area (TPSA) is 81.4 Å². The number of aromatic nitrogens is 2. The number of benzene rings is 1. The van der Waals surface area contributed by atoms with Gasteiger partial charge in [-0.15, -0.1) is 0 Å². The summed E-state index contributed by atoms with van der Waals surface area (Å²) in [7, 11) is 2.87. The van der Waals surface area contributed by atoms with Crippen LogP contribution in [0.4, 0.5) is 5.69 Å². The molecule has 1 heterocycles. The van der Waals surface area contributed by atoms with Crippen molar-refractivity contribution >= 4 is 17.4 Å². The number of hydrogen-bond donors (Lipinski definition) is 0. The summed E-state index contributed by atoms with van der Waals surface area (Å²) in [5.74, 6) is -0.797. The van der Waals surface area contributed by atoms with Crippen molar-refractivity contribution in [1.29, 1.82) is 0 Å². The highest BCUT2D eigenvalue weighted by Gasteiger charge is 2.16. The Morgan fingerprint density at radius 3 is 2.30 bits per heavy atom. The summed E-state index contributed by atoms with van der Waals surface area (Å²) in [5.41, 5.74) is -0.748. The number of likely N-dealkylation sites (N-methyl/N-ethyl adjacent to an activating group) is 1. The van der Waals surface area contributed by atoms with Gasteiger partial charge in [0.1, 0.15) is 6.54 Å². The van der Waals surface area contributed by atoms with Gasteiger partial charge < -0.3 is 4.90 Å². The Hall–Kier alpha value is -2.96. The number of carbonyl (C=O) groups is 2. The lowest BCUT2D eigenvalue weighted by molar-refractivity contribution is -0.119. The van der Waals surface area contributed by atoms with Crippen LogP contribution in [0, 0.1) is 0 Å². The average Bonchev–Trinajstić information content (AvgIpc) is 2.55. The molecule has 120 valence electrons. The van der Waals surface area contributed by atoms with E-state index in [2.05, 4.69) is 0 Å². The van der Waals surface area contributed by atoms with Crippen molar-refractivity contribution in [2.24, 2.45) is 7.05 Å². The minimum atomic E-state index is -0.664. The smallest absolute Gasteiger partial charge is 0.314 e. The van der Waals surface area contributed by atoms with E-state index in [1.165, 1.54) is 18.9 Å². The summed E-state index contributed by atoms with van der Waals surface area (Å²) in [6, 6.07) is 8.96. The molecule has 0 atom stereocenters. The minimum absolute atomic E-state index is 0.123. The van der Waals surface area contributed by atoms with Crippen molar-refractivity contribution in [3.63, 3.8) is 0 Å². The maximum atomic E-state index is 12.3. The quantitative estimate of drug-likeness (QED) is 0.765. The van der Waals surface area contributed by atoms with E-state index in [1.807, 2.05) is 6.07 Å². The molecular formula is C16H17N3O4. The number of carbonyl (C=O) groups excluding carboxylic acids is 2. The van der Waals surface area contributed by atoms with Crippen molar-refractivity contribution in [1.82, 2.24) is 9.13 Å². The third-order valence-electron chi connectivity index (χ3n) is 3.56. The van der Waals surface area contributed by atoms with Crippen LogP contribution < -0.4 is 16.1 Å². The second-order valence-corrected chi connectivity index (χ2v) is 5.16. The first-order valence-electron chi connectivity index (χ1n) is 6.96. The fourth-order valence-electron chi connectivity index (χ4n) is 2.13. The van der Waals surface area contributed by atoms with Gasteiger partial charge in [0, 0.05) is 26.0 Å². The van der Waals surface area contributed by atoms with E-state index >= 15 is 0 Å². The van der Waals surface area contributed by atoms with Gasteiger partial charge in [-0.2, -0.15) is 0 Å². The second-order valence-electron chi connectivity index (χ2n) is 5.16. The first-order valence-corrected chi connectivity index (χ1v) is 6.96. The molecule has 1 aromatic heterocycles. The van der Waals surface area contributed by atoms with Gasteiger partial charge in [-0.05, 0) is 19.1 Å². The van der Waals surface area contributed by atoms with E-state index in [0.29, 0.717) is 5.69 Å². The Balaban J connectivity index is 2.37. The summed E-state index contributed by atoms with van der Waals surface area (Å²) >= 11 is 0. The molecule has 0 fully saturated rings. The molecule has 1 amide bonds. The lowest BCUT2D eigenvalue weighted by Gasteiger charge is -2.18. The molecular weight excluding hydrogens is 298 g/mol. The summed E-state index contributed by atoms with van der Waals surface area (Å²) in [4.78, 5) is 49.2. The number of Topliss-reactive ketones (excluding diaryl/α,β-unsaturated/α-hetero) is 1. The number of rotatable bonds is 4. The van der Waals surface area contributed by atoms with E-state index in [4.69, 9.17) is 0 Å². The predicted molar refractivity (Wildman–Crippen MR) is 85.8 cm³/mol. The van der Waals surface area contributed by atoms with Crippen molar-refractivity contribution in [3.05, 3.63) is 62.9 Å². The molecule has 0 spiro atoms. The third-order valence-corrected chi connectivity index (χ3v) is 3.56. The lowest BCUT2D eigenvalue weighted by Crippen LogP contribution is -2.43. The van der Waals surface area contributed by atoms with E-state index < -0.39 is 17.0 Å². The van der Waals surface area contributed by atoms with E-state index in [-0.39, 0.29) is 18.0 Å². The molecule has 2 rings (SSSR count). The van der Waals surface area contributed by atoms with Gasteiger partial charge in [0.15, 0.2) is 5.78 Å². The molecule has 7 nitrogen and oxygen atoms in total. The zero-order chi connectivity index (χ0) is 17.1. The van der Waals surface area contributed by atoms with Gasteiger partial charge in [0.2, 0.25) is 5.91 Å². The number of anilines is 1. The molecule has 23 heavy (non-hydrogen) atoms. The summed E-state index contributed by atoms with van der Waals surface area (Å²) in [6.07, 6.45) is 1.14. The molecule has 0 saturated carbocycles. The van der Waals surface area contributed by atoms with Crippen LogP contribution in [0.5, 0.6) is 0 Å². The zero-order valence-electron chi connectivity index (χ0n) is 13.1. The highest BCUT2D eigenvalue weighted by atomic mass is 16.2. The molecule has 7 heteroatoms. The SMILES string of the molecule is CC(=O)c1cn(CC(=O)N(C)c2ccccc2)c(=O)n(C)c1=O. The maximum Gasteiger partial charge on any atom is 0.331 e. The van der Waals surface area contributed by atoms with Crippen molar-refractivity contribution < 1.29 is 9.59 Å². The lowest BCUT2D eigenvalue weighted by atomic mass is 10.2. The Labute approximate surface area is 132 Å². The predicted octanol–water partition coefficient (Wildman–Crippen LogP) is 0.413. The number of nitrogens with zero attached hydrogens (tertiary/aromatic N) is 3. The van der Waals surface area contributed by atoms with Crippen LogP contribution in [0.2, 0.25) is 0 Å². The average molecular weight is 315 g/mol. The molecule has 0 aliphatic carbocycles. The molecule has 0 radical (unpaired) electrons. The minimum Gasteiger partial charge on any atom is -0.314 e. The summed E-state index contributed by atoms with van der Waals surface area (Å²) in [6.45, 7) is 0.974. The van der Waals surface area contributed by atoms with Crippen LogP contribution >= 0.6 is 0 Å². The normalized spacial score (nSPS) is 10.4. The molecule has 0 N–H and O–H groups in total. The van der Waals surface area contributed by atoms with Crippen LogP contribution in [0.25, 0.3) is 0 Å². The fourth-order valence-corrected chi connectivity index (χ4v) is 2.13. The van der Waals surface area contributed by atoms with Crippen molar-refractivity contribution in [3.8, 4) is 0 Å². The monoisotopic (exact) mass is 315 g/mol. The van der Waals surface area contributed by atoms with Crippen molar-refractivity contribution in [2.45, 2.75) is 13.5 Å². The number of amides is 1. The Bertz CT molecular complexity index is 865. The van der Waals surface area contributed by atoms with Gasteiger partial charge in [-0.3, -0.25) is 23.5 Å². The molecule has 0 unspecified atom stereocenters. The van der Waals surface area contributed by atoms with Crippen molar-refractivity contribution in [2.75, 3.05) is 11.9 Å². The highest BCUT2D eigenvalue weighted by molar-refractivity contribution is 5.94. The summed E-state index contributed by atoms with van der Waals surface area (Å²) < 4.78 is 1.90. The van der Waals surface area contributed by atoms with Crippen LogP contribution in [0.1, 0.15) is 17.3 Å². The van der Waals surface area contributed by atoms with Crippen LogP contribution in [0.3, 0.4) is 0 Å². The summed E-state index contributed by atoms with van der Waals surface area (Å²) in [5, 5.41) is 0. The number of ketones is 1.